The summed E-state index contributed by atoms with van der Waals surface area (Å²) in [5.41, 5.74) is 3.84. The average molecular weight is 215 g/mol. The number of allylic oxidation sites excluding steroid dienone is 9. The third-order valence-corrected chi connectivity index (χ3v) is 2.57. The van der Waals surface area contributed by atoms with Gasteiger partial charge in [-0.05, 0) is 24.1 Å². The van der Waals surface area contributed by atoms with Crippen molar-refractivity contribution < 1.29 is 0 Å². The van der Waals surface area contributed by atoms with Crippen molar-refractivity contribution in [2.24, 2.45) is 5.41 Å². The Morgan fingerprint density at radius 2 is 1.94 bits per heavy atom. The highest BCUT2D eigenvalue weighted by Crippen LogP contribution is 2.34. The van der Waals surface area contributed by atoms with Crippen molar-refractivity contribution in [1.29, 1.82) is 0 Å². The zero-order chi connectivity index (χ0) is 12.2. The molecule has 0 atom stereocenters. The molecule has 0 heterocycles. The first-order chi connectivity index (χ1) is 7.48. The fraction of sp³-hybridized carbons (Fsp3) is 0.333. The molecule has 1 nitrogen and oxygen atoms in total. The van der Waals surface area contributed by atoms with E-state index in [2.05, 4.69) is 57.0 Å². The van der Waals surface area contributed by atoms with Gasteiger partial charge in [0.25, 0.3) is 0 Å². The van der Waals surface area contributed by atoms with Crippen LogP contribution in [0.5, 0.6) is 0 Å². The lowest BCUT2D eigenvalue weighted by Crippen LogP contribution is -2.02. The number of rotatable bonds is 4. The Bertz CT molecular complexity index is 390. The van der Waals surface area contributed by atoms with Crippen LogP contribution in [-0.4, -0.2) is 7.05 Å². The van der Waals surface area contributed by atoms with Crippen LogP contribution >= 0.6 is 0 Å². The smallest absolute Gasteiger partial charge is 0.00785 e. The van der Waals surface area contributed by atoms with Crippen LogP contribution in [0.1, 0.15) is 20.8 Å². The van der Waals surface area contributed by atoms with E-state index in [4.69, 9.17) is 0 Å². The molecule has 1 heteroatoms. The summed E-state index contributed by atoms with van der Waals surface area (Å²) in [7, 11) is 1.94. The van der Waals surface area contributed by atoms with Crippen molar-refractivity contribution in [1.82, 2.24) is 5.32 Å². The number of hydrogen-bond donors (Lipinski definition) is 1. The van der Waals surface area contributed by atoms with Crippen molar-refractivity contribution in [2.45, 2.75) is 20.8 Å². The molecule has 0 aliphatic heterocycles. The molecule has 16 heavy (non-hydrogen) atoms. The van der Waals surface area contributed by atoms with Crippen LogP contribution in [0.15, 0.2) is 59.9 Å². The summed E-state index contributed by atoms with van der Waals surface area (Å²) in [4.78, 5) is 0. The van der Waals surface area contributed by atoms with Gasteiger partial charge in [0.15, 0.2) is 0 Å². The quantitative estimate of drug-likeness (QED) is 0.704. The Kier molecular flexibility index (Phi) is 3.94. The Labute approximate surface area is 98.9 Å². The van der Waals surface area contributed by atoms with Gasteiger partial charge in [0.2, 0.25) is 0 Å². The maximum Gasteiger partial charge on any atom is 0.00785 e. The monoisotopic (exact) mass is 215 g/mol. The maximum atomic E-state index is 3.70. The second kappa shape index (κ2) is 5.02. The van der Waals surface area contributed by atoms with Crippen LogP contribution < -0.4 is 5.32 Å². The van der Waals surface area contributed by atoms with Crippen LogP contribution in [0.25, 0.3) is 0 Å². The van der Waals surface area contributed by atoms with E-state index >= 15 is 0 Å². The number of nitrogens with one attached hydrogen (secondary N) is 1. The molecule has 0 unspecified atom stereocenters. The van der Waals surface area contributed by atoms with Gasteiger partial charge in [-0.2, -0.15) is 0 Å². The minimum atomic E-state index is 0.140. The van der Waals surface area contributed by atoms with Crippen molar-refractivity contribution in [3.05, 3.63) is 59.9 Å². The summed E-state index contributed by atoms with van der Waals surface area (Å²) in [6, 6.07) is 0. The zero-order valence-electron chi connectivity index (χ0n) is 10.7. The predicted molar refractivity (Wildman–Crippen MR) is 72.1 cm³/mol. The summed E-state index contributed by atoms with van der Waals surface area (Å²) >= 11 is 0. The van der Waals surface area contributed by atoms with E-state index in [1.54, 1.807) is 6.08 Å². The molecule has 0 aromatic carbocycles. The molecule has 0 bridgehead atoms. The molecule has 1 aliphatic rings. The molecule has 0 radical (unpaired) electrons. The lowest BCUT2D eigenvalue weighted by molar-refractivity contribution is 0.634. The average Bonchev–Trinajstić information content (AvgIpc) is 2.50. The van der Waals surface area contributed by atoms with Crippen LogP contribution in [-0.2, 0) is 0 Å². The summed E-state index contributed by atoms with van der Waals surface area (Å²) in [5, 5.41) is 3.14. The highest BCUT2D eigenvalue weighted by molar-refractivity contribution is 5.54. The molecule has 0 saturated carbocycles. The first-order valence-electron chi connectivity index (χ1n) is 5.60. The zero-order valence-corrected chi connectivity index (χ0v) is 10.7. The van der Waals surface area contributed by atoms with Gasteiger partial charge in [-0.3, -0.25) is 0 Å². The van der Waals surface area contributed by atoms with Gasteiger partial charge >= 0.3 is 0 Å². The van der Waals surface area contributed by atoms with E-state index in [9.17, 15) is 0 Å². The van der Waals surface area contributed by atoms with E-state index in [1.807, 2.05) is 13.1 Å². The van der Waals surface area contributed by atoms with Crippen LogP contribution in [0.2, 0.25) is 0 Å². The molecule has 0 saturated heterocycles. The molecule has 1 aliphatic carbocycles. The second-order valence-corrected chi connectivity index (χ2v) is 4.69. The Morgan fingerprint density at radius 3 is 2.50 bits per heavy atom. The van der Waals surface area contributed by atoms with E-state index in [-0.39, 0.29) is 5.41 Å². The van der Waals surface area contributed by atoms with E-state index in [0.717, 1.165) is 0 Å². The van der Waals surface area contributed by atoms with Gasteiger partial charge in [-0.1, -0.05) is 50.8 Å². The van der Waals surface area contributed by atoms with Crippen LogP contribution in [0, 0.1) is 5.41 Å². The molecule has 0 amide bonds. The fourth-order valence-electron chi connectivity index (χ4n) is 1.76. The highest BCUT2D eigenvalue weighted by atomic mass is 14.8. The molecule has 0 aromatic heterocycles. The Hall–Kier alpha value is -1.50. The molecule has 86 valence electrons. The van der Waals surface area contributed by atoms with Crippen molar-refractivity contribution in [3.8, 4) is 0 Å². The third-order valence-electron chi connectivity index (χ3n) is 2.57. The van der Waals surface area contributed by atoms with Crippen LogP contribution in [0.3, 0.4) is 0 Å². The standard InChI is InChI=1S/C15H21N/c1-6-7-8-13-10-15(3,4)11-14(13)9-12(2)16-5/h6-11,16H,1H2,2-5H3/b8-7-,12-9-. The van der Waals surface area contributed by atoms with E-state index in [1.165, 1.54) is 16.8 Å². The number of hydrogen-bond acceptors (Lipinski definition) is 1. The predicted octanol–water partition coefficient (Wildman–Crippen LogP) is 3.74. The molecule has 1 N–H and O–H groups in total. The van der Waals surface area contributed by atoms with Gasteiger partial charge in [0.05, 0.1) is 0 Å². The van der Waals surface area contributed by atoms with Gasteiger partial charge in [-0.25, -0.2) is 0 Å². The molecule has 0 spiro atoms. The summed E-state index contributed by atoms with van der Waals surface area (Å²) in [5.74, 6) is 0. The molecule has 0 fully saturated rings. The maximum absolute atomic E-state index is 3.70. The first kappa shape index (κ1) is 12.6. The summed E-state index contributed by atoms with van der Waals surface area (Å²) in [6.45, 7) is 10.2. The largest absolute Gasteiger partial charge is 0.392 e. The Morgan fingerprint density at radius 1 is 1.31 bits per heavy atom. The first-order valence-corrected chi connectivity index (χ1v) is 5.60. The van der Waals surface area contributed by atoms with Crippen LogP contribution in [0.4, 0.5) is 0 Å². The van der Waals surface area contributed by atoms with Gasteiger partial charge in [0.1, 0.15) is 0 Å². The molecule has 0 aromatic rings. The van der Waals surface area contributed by atoms with E-state index in [0.29, 0.717) is 0 Å². The third kappa shape index (κ3) is 3.27. The molecule has 1 rings (SSSR count). The lowest BCUT2D eigenvalue weighted by atomic mass is 9.96. The van der Waals surface area contributed by atoms with E-state index < -0.39 is 0 Å². The van der Waals surface area contributed by atoms with Crippen molar-refractivity contribution in [2.75, 3.05) is 7.05 Å². The van der Waals surface area contributed by atoms with Gasteiger partial charge in [-0.15, -0.1) is 0 Å². The van der Waals surface area contributed by atoms with Gasteiger partial charge in [0, 0.05) is 18.2 Å². The normalized spacial score (nSPS) is 19.6. The SMILES string of the molecule is C=C/C=C\C1=CC(C)(C)C=C1/C=C(/C)NC. The minimum absolute atomic E-state index is 0.140. The van der Waals surface area contributed by atoms with Crippen molar-refractivity contribution in [3.63, 3.8) is 0 Å². The fourth-order valence-corrected chi connectivity index (χ4v) is 1.76. The molecular weight excluding hydrogens is 194 g/mol. The highest BCUT2D eigenvalue weighted by Gasteiger charge is 2.20. The minimum Gasteiger partial charge on any atom is -0.392 e. The second-order valence-electron chi connectivity index (χ2n) is 4.69. The topological polar surface area (TPSA) is 12.0 Å². The molecular formula is C15H21N. The Balaban J connectivity index is 3.03. The van der Waals surface area contributed by atoms with Gasteiger partial charge < -0.3 is 5.32 Å². The summed E-state index contributed by atoms with van der Waals surface area (Å²) in [6.07, 6.45) is 12.6. The lowest BCUT2D eigenvalue weighted by Gasteiger charge is -2.08. The van der Waals surface area contributed by atoms with Crippen molar-refractivity contribution >= 4 is 0 Å². The summed E-state index contributed by atoms with van der Waals surface area (Å²) < 4.78 is 0.